The van der Waals surface area contributed by atoms with E-state index in [1.54, 1.807) is 0 Å². The van der Waals surface area contributed by atoms with Crippen molar-refractivity contribution in [2.24, 2.45) is 7.05 Å². The molecule has 22 heavy (non-hydrogen) atoms. The van der Waals surface area contributed by atoms with Crippen LogP contribution in [0, 0.1) is 20.8 Å². The summed E-state index contributed by atoms with van der Waals surface area (Å²) in [6.07, 6.45) is 0.0952. The summed E-state index contributed by atoms with van der Waals surface area (Å²) >= 11 is 0. The van der Waals surface area contributed by atoms with Crippen LogP contribution < -0.4 is 4.74 Å². The van der Waals surface area contributed by atoms with Crippen molar-refractivity contribution in [3.8, 4) is 17.1 Å². The highest BCUT2D eigenvalue weighted by molar-refractivity contribution is 5.86. The van der Waals surface area contributed by atoms with Gasteiger partial charge in [-0.25, -0.2) is 0 Å². The van der Waals surface area contributed by atoms with Crippen LogP contribution in [0.25, 0.3) is 22.2 Å². The van der Waals surface area contributed by atoms with Gasteiger partial charge in [0.1, 0.15) is 5.76 Å². The van der Waals surface area contributed by atoms with Crippen molar-refractivity contribution in [1.29, 1.82) is 0 Å². The predicted molar refractivity (Wildman–Crippen MR) is 86.2 cm³/mol. The van der Waals surface area contributed by atoms with Crippen LogP contribution in [0.2, 0.25) is 0 Å². The normalized spacial score (nSPS) is 11.6. The standard InChI is InChI=1S/C17H21N3O2/c1-9(2)21-17-18-14-8-13(7-10(3)16(14)20(17)6)15-11(4)19-22-12(15)5/h7-9H,1-6H3. The largest absolute Gasteiger partial charge is 0.462 e. The van der Waals surface area contributed by atoms with Crippen LogP contribution in [0.15, 0.2) is 16.7 Å². The van der Waals surface area contributed by atoms with Crippen LogP contribution >= 0.6 is 0 Å². The van der Waals surface area contributed by atoms with E-state index >= 15 is 0 Å². The summed E-state index contributed by atoms with van der Waals surface area (Å²) in [4.78, 5) is 4.63. The van der Waals surface area contributed by atoms with Crippen molar-refractivity contribution in [2.75, 3.05) is 0 Å². The zero-order valence-electron chi connectivity index (χ0n) is 13.9. The number of rotatable bonds is 3. The van der Waals surface area contributed by atoms with Gasteiger partial charge in [0, 0.05) is 12.6 Å². The summed E-state index contributed by atoms with van der Waals surface area (Å²) in [5.41, 5.74) is 6.18. The van der Waals surface area contributed by atoms with Crippen molar-refractivity contribution in [2.45, 2.75) is 40.7 Å². The number of aryl methyl sites for hydroxylation is 4. The van der Waals surface area contributed by atoms with E-state index in [0.29, 0.717) is 6.01 Å². The maximum absolute atomic E-state index is 5.78. The maximum Gasteiger partial charge on any atom is 0.297 e. The minimum Gasteiger partial charge on any atom is -0.462 e. The Morgan fingerprint density at radius 1 is 1.18 bits per heavy atom. The Hall–Kier alpha value is -2.30. The molecular weight excluding hydrogens is 278 g/mol. The van der Waals surface area contributed by atoms with Gasteiger partial charge < -0.3 is 9.26 Å². The van der Waals surface area contributed by atoms with Crippen molar-refractivity contribution in [1.82, 2.24) is 14.7 Å². The fourth-order valence-electron chi connectivity index (χ4n) is 2.91. The van der Waals surface area contributed by atoms with Gasteiger partial charge in [-0.15, -0.1) is 0 Å². The van der Waals surface area contributed by atoms with Crippen molar-refractivity contribution >= 4 is 11.0 Å². The van der Waals surface area contributed by atoms with E-state index in [-0.39, 0.29) is 6.10 Å². The molecule has 3 aromatic rings. The second kappa shape index (κ2) is 5.16. The minimum atomic E-state index is 0.0952. The zero-order chi connectivity index (χ0) is 16.0. The number of nitrogens with zero attached hydrogens (tertiary/aromatic N) is 3. The van der Waals surface area contributed by atoms with Crippen LogP contribution in [0.4, 0.5) is 0 Å². The van der Waals surface area contributed by atoms with E-state index in [0.717, 1.165) is 39.2 Å². The average molecular weight is 299 g/mol. The molecule has 0 aliphatic carbocycles. The van der Waals surface area contributed by atoms with Gasteiger partial charge in [-0.2, -0.15) is 4.98 Å². The number of benzene rings is 1. The number of ether oxygens (including phenoxy) is 1. The van der Waals surface area contributed by atoms with Gasteiger partial charge in [0.05, 0.1) is 22.8 Å². The summed E-state index contributed by atoms with van der Waals surface area (Å²) in [5.74, 6) is 0.825. The highest BCUT2D eigenvalue weighted by Crippen LogP contribution is 2.32. The average Bonchev–Trinajstić information content (AvgIpc) is 2.90. The lowest BCUT2D eigenvalue weighted by molar-refractivity contribution is 0.216. The second-order valence-electron chi connectivity index (χ2n) is 5.98. The Bertz CT molecular complexity index is 824. The topological polar surface area (TPSA) is 53.1 Å². The number of imidazole rings is 1. The lowest BCUT2D eigenvalue weighted by Crippen LogP contribution is -2.09. The lowest BCUT2D eigenvalue weighted by atomic mass is 10.0. The molecular formula is C17H21N3O2. The van der Waals surface area contributed by atoms with Gasteiger partial charge in [-0.1, -0.05) is 5.16 Å². The monoisotopic (exact) mass is 299 g/mol. The first-order valence-electron chi connectivity index (χ1n) is 7.45. The number of hydrogen-bond donors (Lipinski definition) is 0. The molecule has 5 heteroatoms. The van der Waals surface area contributed by atoms with E-state index in [1.165, 1.54) is 0 Å². The number of aromatic nitrogens is 3. The Kier molecular flexibility index (Phi) is 3.43. The van der Waals surface area contributed by atoms with Gasteiger partial charge in [0.2, 0.25) is 0 Å². The molecule has 0 bridgehead atoms. The number of hydrogen-bond acceptors (Lipinski definition) is 4. The first-order chi connectivity index (χ1) is 10.4. The molecule has 0 radical (unpaired) electrons. The van der Waals surface area contributed by atoms with Gasteiger partial charge in [0.15, 0.2) is 0 Å². The Balaban J connectivity index is 2.21. The fraction of sp³-hybridized carbons (Fsp3) is 0.412. The molecule has 2 heterocycles. The third-order valence-electron chi connectivity index (χ3n) is 3.78. The quantitative estimate of drug-likeness (QED) is 0.735. The molecule has 1 aromatic carbocycles. The molecule has 5 nitrogen and oxygen atoms in total. The third-order valence-corrected chi connectivity index (χ3v) is 3.78. The molecule has 3 rings (SSSR count). The molecule has 0 aliphatic rings. The van der Waals surface area contributed by atoms with Crippen LogP contribution in [0.5, 0.6) is 6.01 Å². The van der Waals surface area contributed by atoms with Crippen LogP contribution in [-0.4, -0.2) is 20.8 Å². The van der Waals surface area contributed by atoms with Crippen LogP contribution in [0.1, 0.15) is 30.9 Å². The molecule has 2 aromatic heterocycles. The van der Waals surface area contributed by atoms with Crippen molar-refractivity contribution < 1.29 is 9.26 Å². The van der Waals surface area contributed by atoms with Crippen LogP contribution in [-0.2, 0) is 7.05 Å². The van der Waals surface area contributed by atoms with E-state index in [1.807, 2.05) is 39.3 Å². The highest BCUT2D eigenvalue weighted by atomic mass is 16.5. The minimum absolute atomic E-state index is 0.0952. The Labute approximate surface area is 129 Å². The second-order valence-corrected chi connectivity index (χ2v) is 5.98. The molecule has 0 aliphatic heterocycles. The summed E-state index contributed by atoms with van der Waals surface area (Å²) < 4.78 is 13.1. The summed E-state index contributed by atoms with van der Waals surface area (Å²) in [7, 11) is 1.98. The van der Waals surface area contributed by atoms with Gasteiger partial charge >= 0.3 is 0 Å². The molecule has 0 fully saturated rings. The molecule has 0 spiro atoms. The first kappa shape index (κ1) is 14.6. The predicted octanol–water partition coefficient (Wildman–Crippen LogP) is 3.94. The van der Waals surface area contributed by atoms with Gasteiger partial charge in [-0.05, 0) is 57.9 Å². The molecule has 0 atom stereocenters. The van der Waals surface area contributed by atoms with E-state index < -0.39 is 0 Å². The summed E-state index contributed by atoms with van der Waals surface area (Å²) in [6, 6.07) is 4.86. The fourth-order valence-corrected chi connectivity index (χ4v) is 2.91. The molecule has 0 saturated carbocycles. The van der Waals surface area contributed by atoms with Crippen molar-refractivity contribution in [3.63, 3.8) is 0 Å². The van der Waals surface area contributed by atoms with Gasteiger partial charge in [0.25, 0.3) is 6.01 Å². The smallest absolute Gasteiger partial charge is 0.297 e. The zero-order valence-corrected chi connectivity index (χ0v) is 13.9. The van der Waals surface area contributed by atoms with E-state index in [4.69, 9.17) is 9.26 Å². The Morgan fingerprint density at radius 3 is 2.50 bits per heavy atom. The maximum atomic E-state index is 5.78. The van der Waals surface area contributed by atoms with E-state index in [9.17, 15) is 0 Å². The van der Waals surface area contributed by atoms with Crippen LogP contribution in [0.3, 0.4) is 0 Å². The Morgan fingerprint density at radius 2 is 1.91 bits per heavy atom. The molecule has 116 valence electrons. The third kappa shape index (κ3) is 2.26. The van der Waals surface area contributed by atoms with Gasteiger partial charge in [-0.3, -0.25) is 4.57 Å². The number of fused-ring (bicyclic) bond motifs is 1. The first-order valence-corrected chi connectivity index (χ1v) is 7.45. The summed E-state index contributed by atoms with van der Waals surface area (Å²) in [6.45, 7) is 9.98. The van der Waals surface area contributed by atoms with Crippen molar-refractivity contribution in [3.05, 3.63) is 29.2 Å². The summed E-state index contributed by atoms with van der Waals surface area (Å²) in [5, 5.41) is 4.04. The molecule has 0 unspecified atom stereocenters. The SMILES string of the molecule is Cc1noc(C)c1-c1cc(C)c2c(c1)nc(OC(C)C)n2C. The lowest BCUT2D eigenvalue weighted by Gasteiger charge is -2.09. The molecule has 0 saturated heterocycles. The van der Waals surface area contributed by atoms with E-state index in [2.05, 4.69) is 29.2 Å². The molecule has 0 N–H and O–H groups in total. The molecule has 0 amide bonds. The highest BCUT2D eigenvalue weighted by Gasteiger charge is 2.17.